The first-order chi connectivity index (χ1) is 7.51. The number of aliphatic carboxylic acids is 1. The highest BCUT2D eigenvalue weighted by Crippen LogP contribution is 1.94. The molecule has 0 aromatic rings. The number of carbonyl (C=O) groups is 2. The SMILES string of the molecule is CCN(CCOC)CC(NC(C)=O)C(=O)O. The van der Waals surface area contributed by atoms with Gasteiger partial charge in [0, 0.05) is 27.1 Å². The van der Waals surface area contributed by atoms with Gasteiger partial charge in [0.05, 0.1) is 6.61 Å². The van der Waals surface area contributed by atoms with E-state index in [-0.39, 0.29) is 12.5 Å². The zero-order chi connectivity index (χ0) is 12.6. The molecule has 0 saturated carbocycles. The van der Waals surface area contributed by atoms with Gasteiger partial charge >= 0.3 is 5.97 Å². The van der Waals surface area contributed by atoms with Crippen molar-refractivity contribution in [3.63, 3.8) is 0 Å². The molecule has 6 heteroatoms. The van der Waals surface area contributed by atoms with Crippen LogP contribution in [0.4, 0.5) is 0 Å². The average molecular weight is 232 g/mol. The molecular formula is C10H20N2O4. The molecule has 0 aromatic heterocycles. The topological polar surface area (TPSA) is 78.9 Å². The minimum atomic E-state index is -1.02. The van der Waals surface area contributed by atoms with Crippen molar-refractivity contribution in [3.8, 4) is 0 Å². The highest BCUT2D eigenvalue weighted by molar-refractivity contribution is 5.82. The molecule has 0 aliphatic heterocycles. The zero-order valence-corrected chi connectivity index (χ0v) is 10.0. The van der Waals surface area contributed by atoms with E-state index in [0.717, 1.165) is 0 Å². The summed E-state index contributed by atoms with van der Waals surface area (Å²) in [5, 5.41) is 11.3. The Hall–Kier alpha value is -1.14. The standard InChI is InChI=1S/C10H20N2O4/c1-4-12(5-6-16-3)7-9(10(14)15)11-8(2)13/h9H,4-7H2,1-3H3,(H,11,13)(H,14,15). The van der Waals surface area contributed by atoms with E-state index in [1.807, 2.05) is 11.8 Å². The van der Waals surface area contributed by atoms with Crippen LogP contribution in [0.2, 0.25) is 0 Å². The first-order valence-electron chi connectivity index (χ1n) is 5.22. The van der Waals surface area contributed by atoms with Crippen molar-refractivity contribution in [2.45, 2.75) is 19.9 Å². The van der Waals surface area contributed by atoms with Crippen molar-refractivity contribution in [3.05, 3.63) is 0 Å². The van der Waals surface area contributed by atoms with Crippen LogP contribution < -0.4 is 5.32 Å². The molecule has 2 N–H and O–H groups in total. The van der Waals surface area contributed by atoms with E-state index in [1.165, 1.54) is 6.92 Å². The maximum atomic E-state index is 10.9. The van der Waals surface area contributed by atoms with Crippen molar-refractivity contribution in [1.82, 2.24) is 10.2 Å². The minimum Gasteiger partial charge on any atom is -0.480 e. The number of rotatable bonds is 8. The molecule has 0 aliphatic rings. The lowest BCUT2D eigenvalue weighted by molar-refractivity contribution is -0.142. The van der Waals surface area contributed by atoms with Gasteiger partial charge in [-0.2, -0.15) is 0 Å². The predicted molar refractivity (Wildman–Crippen MR) is 59.2 cm³/mol. The quantitative estimate of drug-likeness (QED) is 0.592. The number of nitrogens with zero attached hydrogens (tertiary/aromatic N) is 1. The van der Waals surface area contributed by atoms with E-state index < -0.39 is 12.0 Å². The smallest absolute Gasteiger partial charge is 0.327 e. The molecule has 0 bridgehead atoms. The molecule has 0 saturated heterocycles. The number of ether oxygens (including phenoxy) is 1. The molecule has 1 atom stereocenters. The third kappa shape index (κ3) is 6.36. The normalized spacial score (nSPS) is 12.5. The van der Waals surface area contributed by atoms with Crippen molar-refractivity contribution in [1.29, 1.82) is 0 Å². The highest BCUT2D eigenvalue weighted by atomic mass is 16.5. The van der Waals surface area contributed by atoms with Gasteiger partial charge in [0.25, 0.3) is 0 Å². The van der Waals surface area contributed by atoms with E-state index >= 15 is 0 Å². The maximum Gasteiger partial charge on any atom is 0.327 e. The second-order valence-corrected chi connectivity index (χ2v) is 3.48. The van der Waals surface area contributed by atoms with E-state index in [4.69, 9.17) is 9.84 Å². The van der Waals surface area contributed by atoms with Gasteiger partial charge in [-0.25, -0.2) is 4.79 Å². The van der Waals surface area contributed by atoms with Crippen molar-refractivity contribution >= 4 is 11.9 Å². The summed E-state index contributed by atoms with van der Waals surface area (Å²) >= 11 is 0. The molecule has 94 valence electrons. The second-order valence-electron chi connectivity index (χ2n) is 3.48. The van der Waals surface area contributed by atoms with Crippen molar-refractivity contribution in [2.75, 3.05) is 33.4 Å². The third-order valence-electron chi connectivity index (χ3n) is 2.18. The second kappa shape index (κ2) is 8.06. The van der Waals surface area contributed by atoms with E-state index in [9.17, 15) is 9.59 Å². The Morgan fingerprint density at radius 3 is 2.50 bits per heavy atom. The molecule has 0 radical (unpaired) electrons. The lowest BCUT2D eigenvalue weighted by Crippen LogP contribution is -2.48. The molecule has 0 aromatic carbocycles. The summed E-state index contributed by atoms with van der Waals surface area (Å²) in [4.78, 5) is 23.6. The molecular weight excluding hydrogens is 212 g/mol. The van der Waals surface area contributed by atoms with Crippen LogP contribution >= 0.6 is 0 Å². The molecule has 1 unspecified atom stereocenters. The Morgan fingerprint density at radius 2 is 2.12 bits per heavy atom. The van der Waals surface area contributed by atoms with Gasteiger partial charge in [0.1, 0.15) is 6.04 Å². The lowest BCUT2D eigenvalue weighted by atomic mass is 10.2. The monoisotopic (exact) mass is 232 g/mol. The van der Waals surface area contributed by atoms with Gasteiger partial charge in [0.2, 0.25) is 5.91 Å². The summed E-state index contributed by atoms with van der Waals surface area (Å²) in [6.07, 6.45) is 0. The zero-order valence-electron chi connectivity index (χ0n) is 10.0. The molecule has 1 amide bonds. The molecule has 0 aliphatic carbocycles. The van der Waals surface area contributed by atoms with Crippen LogP contribution in [0.1, 0.15) is 13.8 Å². The number of carboxylic acids is 1. The summed E-state index contributed by atoms with van der Waals surface area (Å²) in [5.74, 6) is -1.36. The Bertz CT molecular complexity index is 233. The van der Waals surface area contributed by atoms with Crippen LogP contribution in [0.25, 0.3) is 0 Å². The Labute approximate surface area is 95.6 Å². The van der Waals surface area contributed by atoms with Gasteiger partial charge in [-0.05, 0) is 6.54 Å². The van der Waals surface area contributed by atoms with Gasteiger partial charge < -0.3 is 15.2 Å². The van der Waals surface area contributed by atoms with Crippen LogP contribution in [0, 0.1) is 0 Å². The van der Waals surface area contributed by atoms with Crippen LogP contribution in [0.5, 0.6) is 0 Å². The first kappa shape index (κ1) is 14.9. The van der Waals surface area contributed by atoms with Crippen molar-refractivity contribution < 1.29 is 19.4 Å². The molecule has 6 nitrogen and oxygen atoms in total. The summed E-state index contributed by atoms with van der Waals surface area (Å²) in [7, 11) is 1.59. The number of amides is 1. The van der Waals surface area contributed by atoms with E-state index in [2.05, 4.69) is 5.32 Å². The van der Waals surface area contributed by atoms with Crippen LogP contribution in [0.15, 0.2) is 0 Å². The van der Waals surface area contributed by atoms with E-state index in [1.54, 1.807) is 7.11 Å². The van der Waals surface area contributed by atoms with Gasteiger partial charge in [-0.3, -0.25) is 9.69 Å². The molecule has 0 fully saturated rings. The first-order valence-corrected chi connectivity index (χ1v) is 5.22. The van der Waals surface area contributed by atoms with Crippen LogP contribution in [-0.2, 0) is 14.3 Å². The number of likely N-dealkylation sites (N-methyl/N-ethyl adjacent to an activating group) is 1. The van der Waals surface area contributed by atoms with Crippen molar-refractivity contribution in [2.24, 2.45) is 0 Å². The van der Waals surface area contributed by atoms with Crippen LogP contribution in [-0.4, -0.2) is 61.3 Å². The fourth-order valence-electron chi connectivity index (χ4n) is 1.29. The maximum absolute atomic E-state index is 10.9. The average Bonchev–Trinajstić information content (AvgIpc) is 2.21. The number of carbonyl (C=O) groups excluding carboxylic acids is 1. The molecule has 16 heavy (non-hydrogen) atoms. The fraction of sp³-hybridized carbons (Fsp3) is 0.800. The van der Waals surface area contributed by atoms with Gasteiger partial charge in [0.15, 0.2) is 0 Å². The highest BCUT2D eigenvalue weighted by Gasteiger charge is 2.20. The fourth-order valence-corrected chi connectivity index (χ4v) is 1.29. The largest absolute Gasteiger partial charge is 0.480 e. The summed E-state index contributed by atoms with van der Waals surface area (Å²) in [6, 6.07) is -0.866. The number of methoxy groups -OCH3 is 1. The van der Waals surface area contributed by atoms with E-state index in [0.29, 0.717) is 19.7 Å². The number of hydrogen-bond acceptors (Lipinski definition) is 4. The lowest BCUT2D eigenvalue weighted by Gasteiger charge is -2.24. The minimum absolute atomic E-state index is 0.286. The Morgan fingerprint density at radius 1 is 1.50 bits per heavy atom. The summed E-state index contributed by atoms with van der Waals surface area (Å²) in [5.41, 5.74) is 0. The van der Waals surface area contributed by atoms with Gasteiger partial charge in [-0.1, -0.05) is 6.92 Å². The Balaban J connectivity index is 4.22. The third-order valence-corrected chi connectivity index (χ3v) is 2.18. The number of nitrogens with one attached hydrogen (secondary N) is 1. The van der Waals surface area contributed by atoms with Gasteiger partial charge in [-0.15, -0.1) is 0 Å². The molecule has 0 heterocycles. The predicted octanol–water partition coefficient (Wildman–Crippen LogP) is -0.456. The Kier molecular flexibility index (Phi) is 7.49. The summed E-state index contributed by atoms with van der Waals surface area (Å²) < 4.78 is 4.92. The number of carboxylic acid groups (broad SMARTS) is 1. The summed E-state index contributed by atoms with van der Waals surface area (Å²) in [6.45, 7) is 5.43. The number of hydrogen-bond donors (Lipinski definition) is 2. The molecule has 0 spiro atoms. The molecule has 0 rings (SSSR count). The van der Waals surface area contributed by atoms with Crippen LogP contribution in [0.3, 0.4) is 0 Å².